The third-order valence-corrected chi connectivity index (χ3v) is 27.4. The van der Waals surface area contributed by atoms with Gasteiger partial charge in [-0.25, -0.2) is 0 Å². The monoisotopic (exact) mass is 2150 g/mol. The topological polar surface area (TPSA) is 87.2 Å². The number of hydrogen-bond donors (Lipinski definition) is 0. The molecule has 8 nitrogen and oxygen atoms in total. The van der Waals surface area contributed by atoms with Gasteiger partial charge < -0.3 is 39.0 Å². The molecular weight excluding hydrogens is 2050 g/mol. The predicted molar refractivity (Wildman–Crippen MR) is 500 cm³/mol. The Morgan fingerprint density at radius 1 is 0.319 bits per heavy atom. The zero-order valence-electron chi connectivity index (χ0n) is 71.8. The molecule has 0 aliphatic carbocycles. The molecule has 601 valence electrons. The second-order valence-electron chi connectivity index (χ2n) is 31.6. The van der Waals surface area contributed by atoms with Crippen molar-refractivity contribution in [3.05, 3.63) is 375 Å². The molecule has 0 atom stereocenters. The van der Waals surface area contributed by atoms with Crippen LogP contribution in [0.3, 0.4) is 0 Å². The van der Waals surface area contributed by atoms with E-state index in [1.165, 1.54) is 85.4 Å². The number of aromatic nitrogens is 8. The molecule has 0 unspecified atom stereocenters. The van der Waals surface area contributed by atoms with Crippen LogP contribution in [0.5, 0.6) is 0 Å². The number of fused-ring (bicyclic) bond motifs is 9. The fourth-order valence-electron chi connectivity index (χ4n) is 13.8. The molecule has 0 spiro atoms. The van der Waals surface area contributed by atoms with E-state index >= 15 is 0 Å². The Morgan fingerprint density at radius 2 is 0.706 bits per heavy atom. The largest absolute Gasteiger partial charge is 0.381 e. The third kappa shape index (κ3) is 22.0. The Labute approximate surface area is 753 Å². The van der Waals surface area contributed by atoms with E-state index in [9.17, 15) is 0 Å². The van der Waals surface area contributed by atoms with Gasteiger partial charge in [-0.1, -0.05) is 221 Å². The summed E-state index contributed by atoms with van der Waals surface area (Å²) in [5.74, 6) is 0. The summed E-state index contributed by atoms with van der Waals surface area (Å²) in [6, 6.07) is 122. The number of pyridine rings is 6. The number of para-hydroxylation sites is 3. The summed E-state index contributed by atoms with van der Waals surface area (Å²) in [4.78, 5) is 27.1. The molecule has 19 rings (SSSR count). The van der Waals surface area contributed by atoms with Gasteiger partial charge in [0.15, 0.2) is 0 Å². The van der Waals surface area contributed by atoms with Crippen LogP contribution >= 0.6 is 11.3 Å². The van der Waals surface area contributed by atoms with Crippen LogP contribution in [0.2, 0.25) is 58.9 Å². The Hall–Kier alpha value is -10.5. The molecule has 119 heavy (non-hydrogen) atoms. The van der Waals surface area contributed by atoms with Crippen molar-refractivity contribution in [1.29, 1.82) is 0 Å². The number of hydrogen-bond acceptors (Lipinski definition) is 7. The first-order valence-electron chi connectivity index (χ1n) is 40.8. The maximum absolute atomic E-state index is 7.29. The minimum atomic E-state index is -2.16. The molecule has 0 aliphatic rings. The molecule has 0 N–H and O–H groups in total. The number of aryl methyl sites for hydroxylation is 4. The van der Waals surface area contributed by atoms with E-state index < -0.39 is 31.1 Å². The second kappa shape index (κ2) is 40.5. The smallest absolute Gasteiger partial charge is 0.0795 e. The van der Waals surface area contributed by atoms with Crippen molar-refractivity contribution in [2.45, 2.75) is 93.1 Å². The van der Waals surface area contributed by atoms with Gasteiger partial charge in [0, 0.05) is 128 Å². The van der Waals surface area contributed by atoms with Crippen molar-refractivity contribution >= 4 is 115 Å². The van der Waals surface area contributed by atoms with Gasteiger partial charge in [-0.2, -0.15) is 11.3 Å². The van der Waals surface area contributed by atoms with Crippen molar-refractivity contribution in [1.82, 2.24) is 39.0 Å². The van der Waals surface area contributed by atoms with Crippen LogP contribution in [-0.4, -0.2) is 63.3 Å². The van der Waals surface area contributed by atoms with Gasteiger partial charge in [-0.3, -0.25) is 0 Å². The Bertz CT molecular complexity index is 6580. The molecule has 19 aromatic rings. The minimum absolute atomic E-state index is 0. The standard InChI is InChI=1S/C26H23N2Si.C22H23N2Si.C20H18NSSi.3C12H10N.3Ir/c1-29(2,3)21-14-15-24(27-18-21)19-13-16-26-23(17-19)22-11-7-8-12-25(22)28(26)20-9-5-4-6-10-20;1-5-24-21-9-7-6-8-18(21)19-14-16(10-13-22(19)24)20-12-11-17(15-23-20)25(2,3)4;1-23(2,3)15-9-10-18(21-13-15)14-8-11-20-17(12-14)16-6-4-5-7-19(16)22-20;3*1-10-6-5-9-12(13-10)11-7-3-2-4-8-11;;;/h4-12,14-18H,1-3H3;6-9,11-15H,5H2,1-4H3;4-7,9-13H,1-3H3;3*2-7,9H,1H3;;;/q6*-1;;;/i;;;1D3;;;;;. The Kier molecular flexibility index (Phi) is 28.9. The number of rotatable bonds is 11. The zero-order valence-corrected chi connectivity index (χ0v) is 79.8. The van der Waals surface area contributed by atoms with Gasteiger partial charge in [0.1, 0.15) is 0 Å². The summed E-state index contributed by atoms with van der Waals surface area (Å²) in [6.45, 7) is 26.1. The number of benzene rings is 10. The average molecular weight is 2150 g/mol. The Balaban J connectivity index is 0.000000146. The summed E-state index contributed by atoms with van der Waals surface area (Å²) in [7, 11) is -3.96. The normalized spacial score (nSPS) is 11.5. The maximum atomic E-state index is 7.29. The van der Waals surface area contributed by atoms with Crippen molar-refractivity contribution in [3.63, 3.8) is 0 Å². The van der Waals surface area contributed by atoms with Crippen molar-refractivity contribution in [3.8, 4) is 73.2 Å². The molecule has 10 aromatic carbocycles. The molecule has 15 heteroatoms. The summed E-state index contributed by atoms with van der Waals surface area (Å²) < 4.78 is 29.2. The van der Waals surface area contributed by atoms with Gasteiger partial charge in [0.2, 0.25) is 0 Å². The van der Waals surface area contributed by atoms with Gasteiger partial charge >= 0.3 is 0 Å². The molecular formula is C104H94Ir3N8SSi3-6. The van der Waals surface area contributed by atoms with E-state index in [4.69, 9.17) is 19.1 Å². The van der Waals surface area contributed by atoms with Crippen LogP contribution in [0, 0.1) is 57.1 Å². The molecule has 0 amide bonds. The molecule has 0 fully saturated rings. The molecule has 0 aliphatic heterocycles. The van der Waals surface area contributed by atoms with Crippen LogP contribution < -0.4 is 15.6 Å². The number of thiophene rings is 1. The SMILES string of the molecule is CCn1c2c[c-]c(-c3ccc([Si](C)(C)C)cn3)cc2c2ccccc21.C[Si](C)(C)c1ccc(-c2[c-]cc3c(c2)c2ccccc2n3-c2ccccc2)nc1.C[Si](C)(C)c1ccc(-c2[c-]cc3sc4ccccc4c3c2)nc1.Cc1cccc(-c2[c-]cccc2)n1.Cc1cccc(-c2[c-]cccc2)n1.[2H]C([2H])([2H])c1cccc(-c2[c-]cccc2)n1.[Ir].[Ir].[Ir]. The van der Waals surface area contributed by atoms with Crippen LogP contribution in [0.4, 0.5) is 0 Å². The summed E-state index contributed by atoms with van der Waals surface area (Å²) >= 11 is 1.83. The van der Waals surface area contributed by atoms with Crippen LogP contribution in [0.1, 0.15) is 28.1 Å². The maximum Gasteiger partial charge on any atom is 0.0795 e. The second-order valence-corrected chi connectivity index (χ2v) is 47.9. The Morgan fingerprint density at radius 3 is 1.13 bits per heavy atom. The third-order valence-electron chi connectivity index (χ3n) is 20.1. The first-order valence-corrected chi connectivity index (χ1v) is 50.6. The van der Waals surface area contributed by atoms with E-state index in [1.54, 1.807) is 18.2 Å². The zero-order chi connectivity index (χ0) is 83.4. The quantitative estimate of drug-likeness (QED) is 0.0947. The summed E-state index contributed by atoms with van der Waals surface area (Å²) in [5.41, 5.74) is 19.9. The molecule has 9 aromatic heterocycles. The van der Waals surface area contributed by atoms with Crippen LogP contribution in [0.15, 0.2) is 322 Å². The van der Waals surface area contributed by atoms with E-state index in [0.29, 0.717) is 5.69 Å². The van der Waals surface area contributed by atoms with E-state index in [1.807, 2.05) is 141 Å². The van der Waals surface area contributed by atoms with E-state index in [-0.39, 0.29) is 66.0 Å². The van der Waals surface area contributed by atoms with Crippen molar-refractivity contribution in [2.24, 2.45) is 0 Å². The molecule has 0 saturated heterocycles. The van der Waals surface area contributed by atoms with Crippen molar-refractivity contribution < 1.29 is 64.4 Å². The first kappa shape index (κ1) is 85.0. The van der Waals surface area contributed by atoms with Gasteiger partial charge in [-0.05, 0) is 158 Å². The first-order chi connectivity index (χ1) is 57.3. The van der Waals surface area contributed by atoms with E-state index in [2.05, 4.69) is 308 Å². The molecule has 3 radical (unpaired) electrons. The predicted octanol–water partition coefficient (Wildman–Crippen LogP) is 25.4. The molecule has 0 saturated carbocycles. The summed E-state index contributed by atoms with van der Waals surface area (Å²) in [5, 5.41) is 11.8. The fraction of sp³-hybridized carbons (Fsp3) is 0.135. The van der Waals surface area contributed by atoms with Crippen molar-refractivity contribution in [2.75, 3.05) is 0 Å². The number of nitrogens with zero attached hydrogens (tertiary/aromatic N) is 8. The van der Waals surface area contributed by atoms with Gasteiger partial charge in [0.25, 0.3) is 0 Å². The van der Waals surface area contributed by atoms with Gasteiger partial charge in [0.05, 0.1) is 24.2 Å². The average Bonchev–Trinajstić information content (AvgIpc) is 1.63. The molecule has 0 bridgehead atoms. The van der Waals surface area contributed by atoms with Gasteiger partial charge in [-0.15, -0.1) is 179 Å². The molecule has 9 heterocycles. The summed E-state index contributed by atoms with van der Waals surface area (Å²) in [6.07, 6.45) is 6.15. The van der Waals surface area contributed by atoms with Crippen LogP contribution in [-0.2, 0) is 66.9 Å². The van der Waals surface area contributed by atoms with E-state index in [0.717, 1.165) is 85.5 Å². The fourth-order valence-corrected chi connectivity index (χ4v) is 18.0. The van der Waals surface area contributed by atoms with Crippen LogP contribution in [0.25, 0.3) is 137 Å². The minimum Gasteiger partial charge on any atom is -0.381 e.